The van der Waals surface area contributed by atoms with Crippen LogP contribution in [0.15, 0.2) is 53.4 Å². The number of aliphatic hydroxyl groups is 1. The molecule has 1 unspecified atom stereocenters. The molecule has 0 bridgehead atoms. The minimum Gasteiger partial charge on any atom is -0.382 e. The van der Waals surface area contributed by atoms with E-state index in [2.05, 4.69) is 63.9 Å². The van der Waals surface area contributed by atoms with Gasteiger partial charge in [-0.2, -0.15) is 0 Å². The lowest BCUT2D eigenvalue weighted by Gasteiger charge is -2.13. The molecule has 2 nitrogen and oxygen atoms in total. The Morgan fingerprint density at radius 3 is 1.90 bits per heavy atom. The third-order valence-electron chi connectivity index (χ3n) is 3.13. The summed E-state index contributed by atoms with van der Waals surface area (Å²) in [7, 11) is 4.03. The molecule has 0 fully saturated rings. The van der Waals surface area contributed by atoms with Crippen molar-refractivity contribution in [2.45, 2.75) is 16.8 Å². The number of benzene rings is 2. The van der Waals surface area contributed by atoms with E-state index in [0.29, 0.717) is 0 Å². The predicted molar refractivity (Wildman–Crippen MR) is 98.3 cm³/mol. The summed E-state index contributed by atoms with van der Waals surface area (Å²) >= 11 is 3.80. The van der Waals surface area contributed by atoms with Gasteiger partial charge in [0.2, 0.25) is 0 Å². The van der Waals surface area contributed by atoms with Crippen molar-refractivity contribution in [2.75, 3.05) is 20.6 Å². The Kier molecular flexibility index (Phi) is 6.54. The molecule has 0 heterocycles. The number of hydrogen-bond acceptors (Lipinski definition) is 3. The molecular formula is C17H20INOS. The quantitative estimate of drug-likeness (QED) is 0.390. The summed E-state index contributed by atoms with van der Waals surface area (Å²) < 4.78 is 1.22. The van der Waals surface area contributed by atoms with Crippen molar-refractivity contribution in [1.82, 2.24) is 4.90 Å². The summed E-state index contributed by atoms with van der Waals surface area (Å²) in [5, 5.41) is 12.6. The summed E-state index contributed by atoms with van der Waals surface area (Å²) in [5.74, 6) is 0. The van der Waals surface area contributed by atoms with Crippen molar-refractivity contribution in [3.05, 3.63) is 62.5 Å². The van der Waals surface area contributed by atoms with Gasteiger partial charge < -0.3 is 10.0 Å². The highest BCUT2D eigenvalue weighted by Crippen LogP contribution is 2.24. The molecule has 1 atom stereocenters. The SMILES string of the molecule is CN(C)CCC(O)Sc1ccc(I)cc1.c1cc2ccc1=2. The number of aliphatic hydroxyl groups excluding tert-OH is 1. The standard InChI is InChI=1S/C11H16INOS.C6H4/c1-13(2)8-7-11(14)15-10-5-3-9(12)4-6-10;1-2-6-4-3-5(1)6/h3-6,11,14H,7-8H2,1-2H3;1-4H. The van der Waals surface area contributed by atoms with E-state index in [1.165, 1.54) is 25.8 Å². The van der Waals surface area contributed by atoms with E-state index >= 15 is 0 Å². The maximum Gasteiger partial charge on any atom is 0.105 e. The van der Waals surface area contributed by atoms with Gasteiger partial charge in [0, 0.05) is 15.0 Å². The Labute approximate surface area is 144 Å². The Morgan fingerprint density at radius 2 is 1.52 bits per heavy atom. The zero-order valence-electron chi connectivity index (χ0n) is 12.3. The molecule has 3 rings (SSSR count). The average molecular weight is 413 g/mol. The highest BCUT2D eigenvalue weighted by molar-refractivity contribution is 14.1. The summed E-state index contributed by atoms with van der Waals surface area (Å²) in [6, 6.07) is 16.7. The first-order valence-electron chi connectivity index (χ1n) is 6.90. The molecule has 0 saturated heterocycles. The molecule has 0 amide bonds. The first-order chi connectivity index (χ1) is 10.0. The first kappa shape index (κ1) is 16.8. The molecule has 4 heteroatoms. The van der Waals surface area contributed by atoms with Crippen molar-refractivity contribution >= 4 is 34.4 Å². The van der Waals surface area contributed by atoms with Crippen LogP contribution in [0.25, 0.3) is 0 Å². The topological polar surface area (TPSA) is 23.5 Å². The fourth-order valence-electron chi connectivity index (χ4n) is 1.76. The molecule has 21 heavy (non-hydrogen) atoms. The number of halogens is 1. The summed E-state index contributed by atoms with van der Waals surface area (Å²) in [5.41, 5.74) is -0.313. The summed E-state index contributed by atoms with van der Waals surface area (Å²) in [4.78, 5) is 3.21. The van der Waals surface area contributed by atoms with Gasteiger partial charge in [-0.15, -0.1) is 0 Å². The molecule has 2 aliphatic rings. The van der Waals surface area contributed by atoms with Crippen LogP contribution in [0.1, 0.15) is 6.42 Å². The lowest BCUT2D eigenvalue weighted by molar-refractivity contribution is 0.232. The molecule has 1 N–H and O–H groups in total. The van der Waals surface area contributed by atoms with Gasteiger partial charge in [0.15, 0.2) is 0 Å². The molecule has 0 radical (unpaired) electrons. The fourth-order valence-corrected chi connectivity index (χ4v) is 2.95. The van der Waals surface area contributed by atoms with Gasteiger partial charge in [0.25, 0.3) is 0 Å². The Bertz CT molecular complexity index is 607. The van der Waals surface area contributed by atoms with Gasteiger partial charge in [-0.3, -0.25) is 0 Å². The van der Waals surface area contributed by atoms with Gasteiger partial charge in [0.1, 0.15) is 5.44 Å². The van der Waals surface area contributed by atoms with Crippen molar-refractivity contribution in [3.8, 4) is 0 Å². The van der Waals surface area contributed by atoms with E-state index in [0.717, 1.165) is 17.9 Å². The Hall–Kier alpha value is -0.560. The van der Waals surface area contributed by atoms with Crippen LogP contribution >= 0.6 is 34.4 Å². The monoisotopic (exact) mass is 413 g/mol. The Morgan fingerprint density at radius 1 is 1.00 bits per heavy atom. The number of thioether (sulfide) groups is 1. The lowest BCUT2D eigenvalue weighted by atomic mass is 10.1. The zero-order valence-corrected chi connectivity index (χ0v) is 15.3. The molecule has 112 valence electrons. The normalized spacial score (nSPS) is 12.6. The molecule has 0 saturated carbocycles. The second-order valence-electron chi connectivity index (χ2n) is 5.20. The minimum atomic E-state index is -0.313. The van der Waals surface area contributed by atoms with Crippen molar-refractivity contribution < 1.29 is 5.11 Å². The van der Waals surface area contributed by atoms with E-state index in [4.69, 9.17) is 0 Å². The van der Waals surface area contributed by atoms with Crippen LogP contribution < -0.4 is 0 Å². The maximum atomic E-state index is 9.76. The van der Waals surface area contributed by atoms with Crippen molar-refractivity contribution in [2.24, 2.45) is 0 Å². The van der Waals surface area contributed by atoms with Crippen LogP contribution in [0.4, 0.5) is 0 Å². The third-order valence-corrected chi connectivity index (χ3v) is 4.90. The highest BCUT2D eigenvalue weighted by atomic mass is 127. The van der Waals surface area contributed by atoms with E-state index in [1.54, 1.807) is 0 Å². The first-order valence-corrected chi connectivity index (χ1v) is 8.86. The third kappa shape index (κ3) is 5.62. The zero-order chi connectivity index (χ0) is 15.2. The second kappa shape index (κ2) is 8.17. The largest absolute Gasteiger partial charge is 0.382 e. The molecule has 1 aromatic rings. The van der Waals surface area contributed by atoms with E-state index in [9.17, 15) is 5.11 Å². The molecule has 1 aromatic carbocycles. The van der Waals surface area contributed by atoms with Crippen LogP contribution in [0.2, 0.25) is 0 Å². The van der Waals surface area contributed by atoms with Crippen LogP contribution in [-0.2, 0) is 0 Å². The molecule has 2 aliphatic carbocycles. The van der Waals surface area contributed by atoms with Gasteiger partial charge in [0.05, 0.1) is 0 Å². The number of nitrogens with zero attached hydrogens (tertiary/aromatic N) is 1. The fraction of sp³-hybridized carbons (Fsp3) is 0.294. The van der Waals surface area contributed by atoms with E-state index in [1.807, 2.05) is 26.2 Å². The number of hydrogen-bond donors (Lipinski definition) is 1. The van der Waals surface area contributed by atoms with Gasteiger partial charge in [-0.1, -0.05) is 36.0 Å². The van der Waals surface area contributed by atoms with Crippen LogP contribution in [0, 0.1) is 14.0 Å². The molecule has 0 aliphatic heterocycles. The van der Waals surface area contributed by atoms with Gasteiger partial charge >= 0.3 is 0 Å². The van der Waals surface area contributed by atoms with Crippen LogP contribution in [0.5, 0.6) is 0 Å². The molecule has 0 spiro atoms. The smallest absolute Gasteiger partial charge is 0.105 e. The molecule has 0 aromatic heterocycles. The minimum absolute atomic E-state index is 0.313. The predicted octanol–water partition coefficient (Wildman–Crippen LogP) is 3.94. The summed E-state index contributed by atoms with van der Waals surface area (Å²) in [6.45, 7) is 0.915. The van der Waals surface area contributed by atoms with Crippen LogP contribution in [-0.4, -0.2) is 36.1 Å². The number of rotatable bonds is 5. The van der Waals surface area contributed by atoms with E-state index < -0.39 is 0 Å². The lowest BCUT2D eigenvalue weighted by Crippen LogP contribution is -2.17. The highest BCUT2D eigenvalue weighted by Gasteiger charge is 2.06. The molecular weight excluding hydrogens is 393 g/mol. The van der Waals surface area contributed by atoms with E-state index in [-0.39, 0.29) is 5.44 Å². The maximum absolute atomic E-state index is 9.76. The van der Waals surface area contributed by atoms with Crippen molar-refractivity contribution in [1.29, 1.82) is 0 Å². The second-order valence-corrected chi connectivity index (χ2v) is 7.69. The van der Waals surface area contributed by atoms with Gasteiger partial charge in [-0.25, -0.2) is 0 Å². The van der Waals surface area contributed by atoms with Gasteiger partial charge in [-0.05, 0) is 77.8 Å². The summed E-state index contributed by atoms with van der Waals surface area (Å²) in [6.07, 6.45) is 0.795. The Balaban J connectivity index is 0.000000218. The van der Waals surface area contributed by atoms with Crippen LogP contribution in [0.3, 0.4) is 0 Å². The average Bonchev–Trinajstić information content (AvgIpc) is 2.44. The van der Waals surface area contributed by atoms with Crippen molar-refractivity contribution in [3.63, 3.8) is 0 Å².